The lowest BCUT2D eigenvalue weighted by molar-refractivity contribution is -0.140. The molecule has 0 aromatic heterocycles. The van der Waals surface area contributed by atoms with E-state index in [9.17, 15) is 17.6 Å². The van der Waals surface area contributed by atoms with Gasteiger partial charge in [-0.25, -0.2) is 4.39 Å². The molecular formula is C14H19F4NO. The highest BCUT2D eigenvalue weighted by molar-refractivity contribution is 5.29. The Labute approximate surface area is 115 Å². The molecule has 0 bridgehead atoms. The summed E-state index contributed by atoms with van der Waals surface area (Å²) in [6.45, 7) is 5.84. The van der Waals surface area contributed by atoms with E-state index >= 15 is 0 Å². The summed E-state index contributed by atoms with van der Waals surface area (Å²) in [6, 6.07) is 2.04. The monoisotopic (exact) mass is 293 g/mol. The molecule has 2 nitrogen and oxygen atoms in total. The number of ether oxygens (including phenoxy) is 1. The number of hydrogen-bond acceptors (Lipinski definition) is 2. The molecule has 0 aliphatic heterocycles. The molecule has 1 rings (SSSR count). The van der Waals surface area contributed by atoms with Gasteiger partial charge in [-0.3, -0.25) is 0 Å². The predicted molar refractivity (Wildman–Crippen MR) is 68.7 cm³/mol. The number of nitrogens with two attached hydrogens (primary N) is 1. The summed E-state index contributed by atoms with van der Waals surface area (Å²) < 4.78 is 56.6. The fraction of sp³-hybridized carbons (Fsp3) is 0.571. The number of benzene rings is 1. The zero-order chi connectivity index (χ0) is 15.6. The van der Waals surface area contributed by atoms with Crippen molar-refractivity contribution in [2.45, 2.75) is 45.0 Å². The van der Waals surface area contributed by atoms with Crippen LogP contribution in [-0.4, -0.2) is 12.2 Å². The molecule has 0 fully saturated rings. The van der Waals surface area contributed by atoms with Gasteiger partial charge in [-0.1, -0.05) is 13.0 Å². The fourth-order valence-corrected chi connectivity index (χ4v) is 2.05. The Hall–Kier alpha value is -1.14. The second kappa shape index (κ2) is 6.10. The summed E-state index contributed by atoms with van der Waals surface area (Å²) in [5.41, 5.74) is 4.27. The second-order valence-corrected chi connectivity index (χ2v) is 4.81. The van der Waals surface area contributed by atoms with E-state index in [1.807, 2.05) is 6.92 Å². The van der Waals surface area contributed by atoms with Crippen LogP contribution in [0.5, 0.6) is 0 Å². The molecule has 0 saturated carbocycles. The summed E-state index contributed by atoms with van der Waals surface area (Å²) in [7, 11) is 0. The Bertz CT molecular complexity index is 461. The van der Waals surface area contributed by atoms with E-state index < -0.39 is 29.2 Å². The summed E-state index contributed by atoms with van der Waals surface area (Å²) in [4.78, 5) is 0. The highest BCUT2D eigenvalue weighted by Gasteiger charge is 2.36. The smallest absolute Gasteiger partial charge is 0.374 e. The SMILES string of the molecule is CCOC(C)(CC)C(N)c1ccc(C(F)(F)F)c(F)c1. The minimum Gasteiger partial charge on any atom is -0.374 e. The van der Waals surface area contributed by atoms with Crippen LogP contribution in [-0.2, 0) is 10.9 Å². The summed E-state index contributed by atoms with van der Waals surface area (Å²) in [5, 5.41) is 0. The largest absolute Gasteiger partial charge is 0.419 e. The van der Waals surface area contributed by atoms with Crippen LogP contribution in [0.4, 0.5) is 17.6 Å². The van der Waals surface area contributed by atoms with Crippen molar-refractivity contribution in [2.75, 3.05) is 6.61 Å². The second-order valence-electron chi connectivity index (χ2n) is 4.81. The maximum Gasteiger partial charge on any atom is 0.419 e. The van der Waals surface area contributed by atoms with Crippen molar-refractivity contribution in [3.8, 4) is 0 Å². The molecule has 0 aliphatic carbocycles. The van der Waals surface area contributed by atoms with Gasteiger partial charge in [0.1, 0.15) is 5.82 Å². The van der Waals surface area contributed by atoms with Crippen molar-refractivity contribution in [2.24, 2.45) is 5.73 Å². The van der Waals surface area contributed by atoms with E-state index in [1.54, 1.807) is 13.8 Å². The number of halogens is 4. The average Bonchev–Trinajstić information content (AvgIpc) is 2.36. The van der Waals surface area contributed by atoms with E-state index in [0.717, 1.165) is 6.07 Å². The lowest BCUT2D eigenvalue weighted by Gasteiger charge is -2.34. The lowest BCUT2D eigenvalue weighted by Crippen LogP contribution is -2.40. The van der Waals surface area contributed by atoms with Crippen LogP contribution in [0.15, 0.2) is 18.2 Å². The van der Waals surface area contributed by atoms with Gasteiger partial charge in [0.2, 0.25) is 0 Å². The molecule has 6 heteroatoms. The average molecular weight is 293 g/mol. The summed E-state index contributed by atoms with van der Waals surface area (Å²) >= 11 is 0. The molecule has 0 spiro atoms. The van der Waals surface area contributed by atoms with Gasteiger partial charge in [0.25, 0.3) is 0 Å². The van der Waals surface area contributed by atoms with Crippen LogP contribution in [0.2, 0.25) is 0 Å². The lowest BCUT2D eigenvalue weighted by atomic mass is 9.88. The van der Waals surface area contributed by atoms with Crippen molar-refractivity contribution in [1.82, 2.24) is 0 Å². The summed E-state index contributed by atoms with van der Waals surface area (Å²) in [5.74, 6) is -1.32. The third kappa shape index (κ3) is 3.49. The molecule has 2 atom stereocenters. The number of rotatable bonds is 5. The first-order valence-corrected chi connectivity index (χ1v) is 6.42. The Kier molecular flexibility index (Phi) is 5.15. The van der Waals surface area contributed by atoms with Crippen molar-refractivity contribution >= 4 is 0 Å². The maximum absolute atomic E-state index is 13.6. The first-order chi connectivity index (χ1) is 9.15. The zero-order valence-corrected chi connectivity index (χ0v) is 11.7. The van der Waals surface area contributed by atoms with Gasteiger partial charge in [-0.05, 0) is 38.0 Å². The molecule has 0 saturated heterocycles. The standard InChI is InChI=1S/C14H19F4NO/c1-4-13(3,20-5-2)12(19)9-6-7-10(11(15)8-9)14(16,17)18/h6-8,12H,4-5,19H2,1-3H3. The van der Waals surface area contributed by atoms with Crippen LogP contribution >= 0.6 is 0 Å². The Balaban J connectivity index is 3.12. The van der Waals surface area contributed by atoms with Gasteiger partial charge < -0.3 is 10.5 Å². The quantitative estimate of drug-likeness (QED) is 0.831. The first kappa shape index (κ1) is 16.9. The van der Waals surface area contributed by atoms with Crippen molar-refractivity contribution in [3.05, 3.63) is 35.1 Å². The highest BCUT2D eigenvalue weighted by Crippen LogP contribution is 2.35. The molecule has 20 heavy (non-hydrogen) atoms. The number of hydrogen-bond donors (Lipinski definition) is 1. The first-order valence-electron chi connectivity index (χ1n) is 6.42. The third-order valence-corrected chi connectivity index (χ3v) is 3.49. The van der Waals surface area contributed by atoms with Crippen LogP contribution in [0.25, 0.3) is 0 Å². The van der Waals surface area contributed by atoms with E-state index in [-0.39, 0.29) is 5.56 Å². The maximum atomic E-state index is 13.6. The van der Waals surface area contributed by atoms with Crippen LogP contribution in [0, 0.1) is 5.82 Å². The highest BCUT2D eigenvalue weighted by atomic mass is 19.4. The Morgan fingerprint density at radius 1 is 1.25 bits per heavy atom. The molecule has 1 aromatic rings. The van der Waals surface area contributed by atoms with E-state index in [1.165, 1.54) is 6.07 Å². The Morgan fingerprint density at radius 2 is 1.85 bits per heavy atom. The van der Waals surface area contributed by atoms with E-state index in [2.05, 4.69) is 0 Å². The topological polar surface area (TPSA) is 35.2 Å². The number of alkyl halides is 3. The van der Waals surface area contributed by atoms with Crippen LogP contribution in [0.1, 0.15) is 44.4 Å². The zero-order valence-electron chi connectivity index (χ0n) is 11.7. The molecule has 114 valence electrons. The van der Waals surface area contributed by atoms with E-state index in [0.29, 0.717) is 19.1 Å². The van der Waals surface area contributed by atoms with Gasteiger partial charge in [-0.2, -0.15) is 13.2 Å². The molecular weight excluding hydrogens is 274 g/mol. The van der Waals surface area contributed by atoms with Gasteiger partial charge in [0.05, 0.1) is 17.2 Å². The molecule has 0 aliphatic rings. The van der Waals surface area contributed by atoms with Gasteiger partial charge in [0.15, 0.2) is 0 Å². The van der Waals surface area contributed by atoms with Crippen molar-refractivity contribution in [1.29, 1.82) is 0 Å². The van der Waals surface area contributed by atoms with Gasteiger partial charge in [-0.15, -0.1) is 0 Å². The minimum absolute atomic E-state index is 0.285. The van der Waals surface area contributed by atoms with E-state index in [4.69, 9.17) is 10.5 Å². The Morgan fingerprint density at radius 3 is 2.25 bits per heavy atom. The molecule has 1 aromatic carbocycles. The predicted octanol–water partition coefficient (Wildman–Crippen LogP) is 4.05. The van der Waals surface area contributed by atoms with Crippen molar-refractivity contribution in [3.63, 3.8) is 0 Å². The molecule has 0 amide bonds. The normalized spacial score (nSPS) is 16.8. The third-order valence-electron chi connectivity index (χ3n) is 3.49. The fourth-order valence-electron chi connectivity index (χ4n) is 2.05. The minimum atomic E-state index is -4.71. The molecule has 2 N–H and O–H groups in total. The van der Waals surface area contributed by atoms with Gasteiger partial charge in [0, 0.05) is 6.61 Å². The molecule has 0 radical (unpaired) electrons. The van der Waals surface area contributed by atoms with Crippen LogP contribution < -0.4 is 5.73 Å². The summed E-state index contributed by atoms with van der Waals surface area (Å²) in [6.07, 6.45) is -4.15. The van der Waals surface area contributed by atoms with Gasteiger partial charge >= 0.3 is 6.18 Å². The van der Waals surface area contributed by atoms with Crippen molar-refractivity contribution < 1.29 is 22.3 Å². The molecule has 2 unspecified atom stereocenters. The van der Waals surface area contributed by atoms with Crippen LogP contribution in [0.3, 0.4) is 0 Å². The molecule has 0 heterocycles.